The molecule has 1 aromatic carbocycles. The lowest BCUT2D eigenvalue weighted by Gasteiger charge is -2.06. The van der Waals surface area contributed by atoms with Crippen LogP contribution in [0.5, 0.6) is 0 Å². The molecular formula is C11H9N3O2S2. The van der Waals surface area contributed by atoms with Gasteiger partial charge < -0.3 is 11.1 Å². The fraction of sp³-hybridized carbons (Fsp3) is 0. The molecule has 0 fully saturated rings. The molecule has 0 aliphatic rings. The largest absolute Gasteiger partial charge is 0.376 e. The van der Waals surface area contributed by atoms with Crippen LogP contribution in [0.4, 0.5) is 11.4 Å². The number of thiophene rings is 1. The number of anilines is 1. The van der Waals surface area contributed by atoms with Crippen molar-refractivity contribution < 1.29 is 4.92 Å². The van der Waals surface area contributed by atoms with Crippen LogP contribution in [0.25, 0.3) is 10.4 Å². The molecule has 3 N–H and O–H groups in total. The number of nitrogens with zero attached hydrogens (tertiary/aromatic N) is 1. The first-order valence-electron chi connectivity index (χ1n) is 4.96. The van der Waals surface area contributed by atoms with Crippen molar-refractivity contribution in [3.05, 3.63) is 45.8 Å². The highest BCUT2D eigenvalue weighted by Crippen LogP contribution is 2.32. The second kappa shape index (κ2) is 5.11. The van der Waals surface area contributed by atoms with Crippen LogP contribution in [0.15, 0.2) is 35.7 Å². The van der Waals surface area contributed by atoms with E-state index in [0.29, 0.717) is 5.69 Å². The summed E-state index contributed by atoms with van der Waals surface area (Å²) in [6, 6.07) is 8.67. The number of nitrogens with two attached hydrogens (primary N) is 1. The van der Waals surface area contributed by atoms with Crippen LogP contribution in [0.2, 0.25) is 0 Å². The first-order chi connectivity index (χ1) is 8.58. The molecule has 0 saturated heterocycles. The number of thiocarbonyl (C=S) groups is 1. The van der Waals surface area contributed by atoms with E-state index >= 15 is 0 Å². The van der Waals surface area contributed by atoms with Gasteiger partial charge in [-0.1, -0.05) is 6.07 Å². The summed E-state index contributed by atoms with van der Waals surface area (Å²) in [5.74, 6) is 0. The van der Waals surface area contributed by atoms with Crippen molar-refractivity contribution in [2.45, 2.75) is 0 Å². The van der Waals surface area contributed by atoms with Crippen LogP contribution in [-0.2, 0) is 0 Å². The number of hydrogen-bond donors (Lipinski definition) is 2. The molecule has 0 bridgehead atoms. The summed E-state index contributed by atoms with van der Waals surface area (Å²) in [5, 5.41) is 15.5. The van der Waals surface area contributed by atoms with Gasteiger partial charge in [-0.05, 0) is 41.4 Å². The van der Waals surface area contributed by atoms with Gasteiger partial charge in [-0.3, -0.25) is 10.1 Å². The molecule has 0 aliphatic carbocycles. The summed E-state index contributed by atoms with van der Waals surface area (Å²) in [6.45, 7) is 0. The van der Waals surface area contributed by atoms with Crippen molar-refractivity contribution >= 4 is 40.0 Å². The second-order valence-electron chi connectivity index (χ2n) is 3.46. The van der Waals surface area contributed by atoms with Crippen LogP contribution < -0.4 is 11.1 Å². The summed E-state index contributed by atoms with van der Waals surface area (Å²) >= 11 is 6.27. The zero-order chi connectivity index (χ0) is 13.1. The average Bonchev–Trinajstić information content (AvgIpc) is 2.81. The Morgan fingerprint density at radius 1 is 1.44 bits per heavy atom. The molecule has 0 radical (unpaired) electrons. The Kier molecular flexibility index (Phi) is 3.54. The van der Waals surface area contributed by atoms with E-state index in [4.69, 9.17) is 18.0 Å². The summed E-state index contributed by atoms with van der Waals surface area (Å²) in [4.78, 5) is 11.4. The molecule has 1 heterocycles. The molecule has 0 amide bonds. The fourth-order valence-electron chi connectivity index (χ4n) is 1.52. The third-order valence-corrected chi connectivity index (χ3v) is 3.28. The van der Waals surface area contributed by atoms with E-state index in [9.17, 15) is 10.1 Å². The van der Waals surface area contributed by atoms with Crippen molar-refractivity contribution in [1.82, 2.24) is 0 Å². The minimum Gasteiger partial charge on any atom is -0.376 e. The molecule has 5 nitrogen and oxygen atoms in total. The highest BCUT2D eigenvalue weighted by atomic mass is 32.1. The third kappa shape index (κ3) is 2.63. The molecule has 7 heteroatoms. The summed E-state index contributed by atoms with van der Waals surface area (Å²) < 4.78 is 0. The maximum Gasteiger partial charge on any atom is 0.292 e. The number of rotatable bonds is 3. The highest BCUT2D eigenvalue weighted by Gasteiger charge is 2.15. The van der Waals surface area contributed by atoms with Crippen LogP contribution in [0, 0.1) is 10.1 Å². The number of nitro benzene ring substituents is 1. The molecule has 0 unspecified atom stereocenters. The average molecular weight is 279 g/mol. The van der Waals surface area contributed by atoms with Crippen LogP contribution in [-0.4, -0.2) is 10.0 Å². The summed E-state index contributed by atoms with van der Waals surface area (Å²) in [7, 11) is 0. The SMILES string of the molecule is NC(=S)Nc1cc(-c2cccs2)ccc1[N+](=O)[O-]. The van der Waals surface area contributed by atoms with E-state index in [0.717, 1.165) is 10.4 Å². The molecule has 2 rings (SSSR count). The number of nitro groups is 1. The van der Waals surface area contributed by atoms with Crippen LogP contribution in [0.1, 0.15) is 0 Å². The van der Waals surface area contributed by atoms with E-state index < -0.39 is 4.92 Å². The first kappa shape index (κ1) is 12.5. The van der Waals surface area contributed by atoms with Gasteiger partial charge in [-0.25, -0.2) is 0 Å². The number of nitrogens with one attached hydrogen (secondary N) is 1. The second-order valence-corrected chi connectivity index (χ2v) is 4.84. The van der Waals surface area contributed by atoms with Crippen LogP contribution in [0.3, 0.4) is 0 Å². The minimum atomic E-state index is -0.473. The maximum absolute atomic E-state index is 10.9. The monoisotopic (exact) mass is 279 g/mol. The summed E-state index contributed by atoms with van der Waals surface area (Å²) in [5.41, 5.74) is 6.50. The van der Waals surface area contributed by atoms with Gasteiger partial charge in [0.2, 0.25) is 0 Å². The Balaban J connectivity index is 2.48. The number of benzene rings is 1. The van der Waals surface area contributed by atoms with E-state index in [1.807, 2.05) is 17.5 Å². The van der Waals surface area contributed by atoms with Gasteiger partial charge in [0.25, 0.3) is 5.69 Å². The Morgan fingerprint density at radius 2 is 2.22 bits per heavy atom. The Bertz CT molecular complexity index is 596. The van der Waals surface area contributed by atoms with E-state index in [-0.39, 0.29) is 10.8 Å². The lowest BCUT2D eigenvalue weighted by Crippen LogP contribution is -2.19. The Hall–Kier alpha value is -1.99. The van der Waals surface area contributed by atoms with Gasteiger partial charge in [0.05, 0.1) is 4.92 Å². The van der Waals surface area contributed by atoms with Gasteiger partial charge in [-0.2, -0.15) is 0 Å². The van der Waals surface area contributed by atoms with E-state index in [1.165, 1.54) is 6.07 Å². The molecular weight excluding hydrogens is 270 g/mol. The molecule has 2 aromatic rings. The third-order valence-electron chi connectivity index (χ3n) is 2.26. The maximum atomic E-state index is 10.9. The van der Waals surface area contributed by atoms with Crippen molar-refractivity contribution in [3.8, 4) is 10.4 Å². The molecule has 92 valence electrons. The lowest BCUT2D eigenvalue weighted by atomic mass is 10.1. The van der Waals surface area contributed by atoms with Gasteiger partial charge in [0.15, 0.2) is 5.11 Å². The van der Waals surface area contributed by atoms with Gasteiger partial charge in [0, 0.05) is 10.9 Å². The molecule has 1 aromatic heterocycles. The molecule has 0 atom stereocenters. The zero-order valence-corrected chi connectivity index (χ0v) is 10.8. The van der Waals surface area contributed by atoms with Crippen molar-refractivity contribution in [2.75, 3.05) is 5.32 Å². The normalized spacial score (nSPS) is 10.0. The molecule has 18 heavy (non-hydrogen) atoms. The van der Waals surface area contributed by atoms with E-state index in [2.05, 4.69) is 5.32 Å². The topological polar surface area (TPSA) is 81.2 Å². The predicted octanol–water partition coefficient (Wildman–Crippen LogP) is 2.98. The highest BCUT2D eigenvalue weighted by molar-refractivity contribution is 7.80. The molecule has 0 saturated carbocycles. The van der Waals surface area contributed by atoms with Crippen molar-refractivity contribution in [1.29, 1.82) is 0 Å². The quantitative estimate of drug-likeness (QED) is 0.513. The van der Waals surface area contributed by atoms with E-state index in [1.54, 1.807) is 23.5 Å². The zero-order valence-electron chi connectivity index (χ0n) is 9.12. The smallest absolute Gasteiger partial charge is 0.292 e. The summed E-state index contributed by atoms with van der Waals surface area (Å²) in [6.07, 6.45) is 0. The lowest BCUT2D eigenvalue weighted by molar-refractivity contribution is -0.383. The van der Waals surface area contributed by atoms with Gasteiger partial charge in [0.1, 0.15) is 5.69 Å². The van der Waals surface area contributed by atoms with Crippen molar-refractivity contribution in [2.24, 2.45) is 5.73 Å². The first-order valence-corrected chi connectivity index (χ1v) is 6.25. The fourth-order valence-corrected chi connectivity index (χ4v) is 2.36. The standard InChI is InChI=1S/C11H9N3O2S2/c12-11(17)13-8-6-7(10-2-1-5-18-10)3-4-9(8)14(15)16/h1-6H,(H3,12,13,17). The number of hydrogen-bond acceptors (Lipinski definition) is 4. The van der Waals surface area contributed by atoms with Gasteiger partial charge in [-0.15, -0.1) is 11.3 Å². The Morgan fingerprint density at radius 3 is 2.78 bits per heavy atom. The predicted molar refractivity (Wildman–Crippen MR) is 76.8 cm³/mol. The van der Waals surface area contributed by atoms with Crippen LogP contribution >= 0.6 is 23.6 Å². The molecule has 0 aliphatic heterocycles. The molecule has 0 spiro atoms. The Labute approximate surface area is 112 Å². The minimum absolute atomic E-state index is 0.00132. The van der Waals surface area contributed by atoms with Gasteiger partial charge >= 0.3 is 0 Å². The van der Waals surface area contributed by atoms with Crippen molar-refractivity contribution in [3.63, 3.8) is 0 Å².